The molecule has 0 aromatic carbocycles. The maximum Gasteiger partial charge on any atom is 0.192 e. The highest BCUT2D eigenvalue weighted by Gasteiger charge is 2.43. The van der Waals surface area contributed by atoms with E-state index < -0.39 is 24.6 Å². The first-order chi connectivity index (χ1) is 6.11. The van der Waals surface area contributed by atoms with E-state index in [1.807, 2.05) is 0 Å². The summed E-state index contributed by atoms with van der Waals surface area (Å²) in [5, 5.41) is 30.6. The molecule has 1 aliphatic rings. The molecule has 1 fully saturated rings. The summed E-state index contributed by atoms with van der Waals surface area (Å²) in [5.41, 5.74) is 8.01. The number of nitrogens with zero attached hydrogens (tertiary/aromatic N) is 3. The van der Waals surface area contributed by atoms with E-state index in [1.54, 1.807) is 0 Å². The molecule has 0 aromatic rings. The Morgan fingerprint density at radius 3 is 2.85 bits per heavy atom. The normalized spacial score (nSPS) is 38.7. The third kappa shape index (κ3) is 2.30. The van der Waals surface area contributed by atoms with Crippen molar-refractivity contribution in [1.29, 1.82) is 0 Å². The van der Waals surface area contributed by atoms with Gasteiger partial charge in [0.05, 0.1) is 25.4 Å². The number of rotatable bonds is 3. The minimum Gasteiger partial charge on any atom is -0.391 e. The van der Waals surface area contributed by atoms with Crippen LogP contribution >= 0.6 is 0 Å². The number of hydrogen-bond acceptors (Lipinski definition) is 5. The van der Waals surface area contributed by atoms with Gasteiger partial charge in [0.1, 0.15) is 0 Å². The predicted molar refractivity (Wildman–Crippen MR) is 41.5 cm³/mol. The van der Waals surface area contributed by atoms with Gasteiger partial charge in [-0.2, -0.15) is 0 Å². The Labute approximate surface area is 74.2 Å². The van der Waals surface area contributed by atoms with Gasteiger partial charge in [-0.1, -0.05) is 5.11 Å². The Hall–Kier alpha value is -0.850. The third-order valence-corrected chi connectivity index (χ3v) is 1.90. The van der Waals surface area contributed by atoms with Crippen molar-refractivity contribution in [2.45, 2.75) is 24.4 Å². The second kappa shape index (κ2) is 3.91. The lowest BCUT2D eigenvalue weighted by atomic mass is 10.1. The Bertz CT molecular complexity index is 230. The average Bonchev–Trinajstić information content (AvgIpc) is 2.39. The lowest BCUT2D eigenvalue weighted by Gasteiger charge is -2.19. The highest BCUT2D eigenvalue weighted by atomic mass is 16.7. The van der Waals surface area contributed by atoms with E-state index in [0.29, 0.717) is 0 Å². The summed E-state index contributed by atoms with van der Waals surface area (Å²) in [6.07, 6.45) is -1.73. The van der Waals surface area contributed by atoms with Gasteiger partial charge in [0.15, 0.2) is 5.79 Å². The lowest BCUT2D eigenvalue weighted by molar-refractivity contribution is -0.211. The molecule has 1 aliphatic heterocycles. The van der Waals surface area contributed by atoms with Crippen molar-refractivity contribution in [3.63, 3.8) is 0 Å². The Balaban J connectivity index is 2.55. The van der Waals surface area contributed by atoms with Crippen LogP contribution in [0, 0.1) is 0 Å². The fourth-order valence-electron chi connectivity index (χ4n) is 1.24. The molecular weight excluding hydrogens is 178 g/mol. The molecule has 7 nitrogen and oxygen atoms in total. The van der Waals surface area contributed by atoms with Crippen LogP contribution in [0.25, 0.3) is 10.4 Å². The van der Waals surface area contributed by atoms with E-state index in [2.05, 4.69) is 10.0 Å². The quantitative estimate of drug-likeness (QED) is 0.303. The lowest BCUT2D eigenvalue weighted by Crippen LogP contribution is -2.33. The van der Waals surface area contributed by atoms with Crippen LogP contribution in [0.1, 0.15) is 6.42 Å². The van der Waals surface area contributed by atoms with Gasteiger partial charge in [-0.25, -0.2) is 0 Å². The molecule has 74 valence electrons. The zero-order chi connectivity index (χ0) is 9.90. The second-order valence-electron chi connectivity index (χ2n) is 2.95. The van der Waals surface area contributed by atoms with Gasteiger partial charge in [0.2, 0.25) is 0 Å². The van der Waals surface area contributed by atoms with Gasteiger partial charge in [0.25, 0.3) is 0 Å². The van der Waals surface area contributed by atoms with Crippen molar-refractivity contribution in [3.8, 4) is 0 Å². The van der Waals surface area contributed by atoms with Crippen molar-refractivity contribution in [3.05, 3.63) is 10.4 Å². The largest absolute Gasteiger partial charge is 0.391 e. The first-order valence-corrected chi connectivity index (χ1v) is 3.81. The Morgan fingerprint density at radius 2 is 2.38 bits per heavy atom. The molecule has 0 aliphatic carbocycles. The summed E-state index contributed by atoms with van der Waals surface area (Å²) in [5.74, 6) is -1.70. The molecule has 1 heterocycles. The van der Waals surface area contributed by atoms with Crippen LogP contribution in [-0.2, 0) is 4.74 Å². The van der Waals surface area contributed by atoms with Crippen molar-refractivity contribution in [2.75, 3.05) is 13.2 Å². The summed E-state index contributed by atoms with van der Waals surface area (Å²) in [6, 6.07) is 0. The van der Waals surface area contributed by atoms with Gasteiger partial charge in [-0.15, -0.1) is 0 Å². The van der Waals surface area contributed by atoms with Crippen molar-refractivity contribution >= 4 is 0 Å². The third-order valence-electron chi connectivity index (χ3n) is 1.90. The zero-order valence-electron chi connectivity index (χ0n) is 6.87. The predicted octanol–water partition coefficient (Wildman–Crippen LogP) is -0.873. The number of aliphatic hydroxyl groups is 3. The van der Waals surface area contributed by atoms with E-state index in [0.717, 1.165) is 0 Å². The minimum absolute atomic E-state index is 0.0556. The molecule has 3 atom stereocenters. The van der Waals surface area contributed by atoms with Gasteiger partial charge < -0.3 is 20.1 Å². The van der Waals surface area contributed by atoms with E-state index in [4.69, 9.17) is 15.4 Å². The van der Waals surface area contributed by atoms with Crippen LogP contribution in [0.5, 0.6) is 0 Å². The number of hydrogen-bond donors (Lipinski definition) is 3. The van der Waals surface area contributed by atoms with Crippen molar-refractivity contribution < 1.29 is 20.1 Å². The van der Waals surface area contributed by atoms with Crippen LogP contribution in [0.15, 0.2) is 5.11 Å². The van der Waals surface area contributed by atoms with E-state index >= 15 is 0 Å². The molecule has 13 heavy (non-hydrogen) atoms. The molecule has 0 spiro atoms. The van der Waals surface area contributed by atoms with Gasteiger partial charge in [-0.05, 0) is 5.53 Å². The maximum atomic E-state index is 9.37. The fourth-order valence-corrected chi connectivity index (χ4v) is 1.24. The Kier molecular flexibility index (Phi) is 3.07. The van der Waals surface area contributed by atoms with Gasteiger partial charge >= 0.3 is 0 Å². The average molecular weight is 189 g/mol. The van der Waals surface area contributed by atoms with Gasteiger partial charge in [0, 0.05) is 11.3 Å². The standard InChI is InChI=1S/C6H11N3O4/c7-9-8-2-5-4(11)1-6(12,3-10)13-5/h4-5,10-12H,1-3H2. The summed E-state index contributed by atoms with van der Waals surface area (Å²) < 4.78 is 4.90. The first-order valence-electron chi connectivity index (χ1n) is 3.81. The fraction of sp³-hybridized carbons (Fsp3) is 1.00. The molecule has 0 bridgehead atoms. The molecular formula is C6H11N3O4. The zero-order valence-corrected chi connectivity index (χ0v) is 6.87. The van der Waals surface area contributed by atoms with Crippen molar-refractivity contribution in [1.82, 2.24) is 0 Å². The second-order valence-corrected chi connectivity index (χ2v) is 2.95. The SMILES string of the molecule is [N-]=[N+]=NCC1OC(O)(CO)CC1O. The maximum absolute atomic E-state index is 9.37. The van der Waals surface area contributed by atoms with Crippen LogP contribution in [0.2, 0.25) is 0 Å². The van der Waals surface area contributed by atoms with Gasteiger partial charge in [-0.3, -0.25) is 0 Å². The molecule has 3 unspecified atom stereocenters. The smallest absolute Gasteiger partial charge is 0.192 e. The van der Waals surface area contributed by atoms with Crippen LogP contribution in [0.3, 0.4) is 0 Å². The van der Waals surface area contributed by atoms with E-state index in [1.165, 1.54) is 0 Å². The number of azide groups is 1. The molecule has 0 saturated carbocycles. The van der Waals surface area contributed by atoms with Crippen LogP contribution < -0.4 is 0 Å². The summed E-state index contributed by atoms with van der Waals surface area (Å²) >= 11 is 0. The number of ether oxygens (including phenoxy) is 1. The molecule has 1 saturated heterocycles. The highest BCUT2D eigenvalue weighted by Crippen LogP contribution is 2.28. The topological polar surface area (TPSA) is 119 Å². The molecule has 0 aromatic heterocycles. The molecule has 0 amide bonds. The van der Waals surface area contributed by atoms with Crippen molar-refractivity contribution in [2.24, 2.45) is 5.11 Å². The molecule has 0 radical (unpaired) electrons. The van der Waals surface area contributed by atoms with E-state index in [9.17, 15) is 10.2 Å². The highest BCUT2D eigenvalue weighted by molar-refractivity contribution is 4.87. The van der Waals surface area contributed by atoms with Crippen LogP contribution in [0.4, 0.5) is 0 Å². The summed E-state index contributed by atoms with van der Waals surface area (Å²) in [7, 11) is 0. The summed E-state index contributed by atoms with van der Waals surface area (Å²) in [4.78, 5) is 2.50. The van der Waals surface area contributed by atoms with E-state index in [-0.39, 0.29) is 13.0 Å². The molecule has 3 N–H and O–H groups in total. The monoisotopic (exact) mass is 189 g/mol. The van der Waals surface area contributed by atoms with Crippen LogP contribution in [-0.4, -0.2) is 46.5 Å². The summed E-state index contributed by atoms with van der Waals surface area (Å²) in [6.45, 7) is -0.642. The Morgan fingerprint density at radius 1 is 1.69 bits per heavy atom. The minimum atomic E-state index is -1.70. The molecule has 1 rings (SSSR count). The molecule has 7 heteroatoms. The first kappa shape index (κ1) is 10.2. The number of aliphatic hydroxyl groups excluding tert-OH is 2.